The summed E-state index contributed by atoms with van der Waals surface area (Å²) in [5.74, 6) is 0.807. The number of hydrogen-bond donors (Lipinski definition) is 1. The van der Waals surface area contributed by atoms with E-state index >= 15 is 0 Å². The average Bonchev–Trinajstić information content (AvgIpc) is 2.74. The lowest BCUT2D eigenvalue weighted by Gasteiger charge is -2.26. The molecule has 152 valence electrons. The van der Waals surface area contributed by atoms with Crippen molar-refractivity contribution in [2.24, 2.45) is 11.8 Å². The van der Waals surface area contributed by atoms with Crippen molar-refractivity contribution in [2.75, 3.05) is 6.54 Å². The minimum absolute atomic E-state index is 0.0559. The molecule has 1 unspecified atom stereocenters. The summed E-state index contributed by atoms with van der Waals surface area (Å²) < 4.78 is 6.13. The number of hydrogen-bond acceptors (Lipinski definition) is 3. The zero-order valence-electron chi connectivity index (χ0n) is 17.4. The van der Waals surface area contributed by atoms with Gasteiger partial charge in [0.1, 0.15) is 6.61 Å². The van der Waals surface area contributed by atoms with Gasteiger partial charge in [-0.1, -0.05) is 73.7 Å². The number of carbonyl (C=O) groups is 1. The lowest BCUT2D eigenvalue weighted by molar-refractivity contribution is -0.124. The first-order valence-electron chi connectivity index (χ1n) is 10.6. The first-order chi connectivity index (χ1) is 14.2. The van der Waals surface area contributed by atoms with Crippen LogP contribution in [-0.4, -0.2) is 12.3 Å². The number of likely N-dealkylation sites (N-methyl/N-ethyl adjacent to an activating group) is 1. The topological polar surface area (TPSA) is 38.3 Å². The Balaban J connectivity index is 1.82. The monoisotopic (exact) mass is 389 g/mol. The zero-order chi connectivity index (χ0) is 20.5. The van der Waals surface area contributed by atoms with E-state index in [2.05, 4.69) is 42.6 Å². The van der Waals surface area contributed by atoms with E-state index in [9.17, 15) is 4.79 Å². The smallest absolute Gasteiger partial charge is 0.202 e. The van der Waals surface area contributed by atoms with E-state index < -0.39 is 0 Å². The van der Waals surface area contributed by atoms with Crippen LogP contribution in [0, 0.1) is 11.8 Å². The summed E-state index contributed by atoms with van der Waals surface area (Å²) in [6, 6.07) is 20.4. The number of Topliss-reactive ketones (excluding diaryl/α,β-unsaturated/α-hetero) is 1. The molecule has 0 saturated carbocycles. The van der Waals surface area contributed by atoms with Gasteiger partial charge in [0, 0.05) is 12.5 Å². The Morgan fingerprint density at radius 3 is 2.31 bits per heavy atom. The summed E-state index contributed by atoms with van der Waals surface area (Å²) >= 11 is 0. The van der Waals surface area contributed by atoms with Crippen molar-refractivity contribution in [3.63, 3.8) is 0 Å². The highest BCUT2D eigenvalue weighted by Gasteiger charge is 2.31. The molecule has 29 heavy (non-hydrogen) atoms. The van der Waals surface area contributed by atoms with E-state index in [4.69, 9.17) is 4.74 Å². The third kappa shape index (κ3) is 5.83. The molecular formula is C26H31NO2. The minimum Gasteiger partial charge on any atom is -0.483 e. The van der Waals surface area contributed by atoms with Crippen molar-refractivity contribution in [3.8, 4) is 0 Å². The molecule has 1 aliphatic rings. The molecule has 0 bridgehead atoms. The summed E-state index contributed by atoms with van der Waals surface area (Å²) in [7, 11) is 0. The standard InChI is InChI=1S/C26H31NO2/c1-3-27-24-16-10-11-20(2)23(18-17-21-12-6-4-7-13-21)25(28)26(24)29-19-22-14-8-5-9-15-22/h4-10,12-16,20,23,27H,3,11,17-19H2,1-2H3/b16-10+,26-24-/t20?,23-/m1/s1. The predicted octanol–water partition coefficient (Wildman–Crippen LogP) is 5.44. The van der Waals surface area contributed by atoms with Crippen LogP contribution in [0.1, 0.15) is 37.8 Å². The van der Waals surface area contributed by atoms with Crippen molar-refractivity contribution in [1.29, 1.82) is 0 Å². The zero-order valence-corrected chi connectivity index (χ0v) is 17.4. The number of benzene rings is 2. The lowest BCUT2D eigenvalue weighted by atomic mass is 9.81. The van der Waals surface area contributed by atoms with Crippen molar-refractivity contribution in [3.05, 3.63) is 95.4 Å². The number of rotatable bonds is 8. The molecule has 1 aliphatic carbocycles. The number of carbonyl (C=O) groups excluding carboxylic acids is 1. The Bertz CT molecular complexity index is 840. The second-order valence-electron chi connectivity index (χ2n) is 7.66. The van der Waals surface area contributed by atoms with Gasteiger partial charge in [-0.2, -0.15) is 0 Å². The highest BCUT2D eigenvalue weighted by atomic mass is 16.5. The quantitative estimate of drug-likeness (QED) is 0.653. The molecule has 3 nitrogen and oxygen atoms in total. The van der Waals surface area contributed by atoms with Gasteiger partial charge < -0.3 is 10.1 Å². The molecule has 0 heterocycles. The molecule has 0 fully saturated rings. The fraction of sp³-hybridized carbons (Fsp3) is 0.346. The molecule has 0 aliphatic heterocycles. The summed E-state index contributed by atoms with van der Waals surface area (Å²) in [5.41, 5.74) is 3.13. The molecule has 3 heteroatoms. The molecule has 0 amide bonds. The fourth-order valence-corrected chi connectivity index (χ4v) is 3.79. The van der Waals surface area contributed by atoms with Gasteiger partial charge in [-0.05, 0) is 49.3 Å². The fourth-order valence-electron chi connectivity index (χ4n) is 3.79. The summed E-state index contributed by atoms with van der Waals surface area (Å²) in [6.07, 6.45) is 6.79. The van der Waals surface area contributed by atoms with Crippen LogP contribution in [0.4, 0.5) is 0 Å². The second kappa shape index (κ2) is 10.7. The lowest BCUT2D eigenvalue weighted by Crippen LogP contribution is -2.29. The highest BCUT2D eigenvalue weighted by Crippen LogP contribution is 2.29. The number of allylic oxidation sites excluding steroid dienone is 3. The molecular weight excluding hydrogens is 358 g/mol. The molecule has 1 N–H and O–H groups in total. The van der Waals surface area contributed by atoms with Crippen molar-refractivity contribution in [2.45, 2.75) is 39.7 Å². The Morgan fingerprint density at radius 1 is 1.00 bits per heavy atom. The van der Waals surface area contributed by atoms with E-state index in [1.807, 2.05) is 49.4 Å². The summed E-state index contributed by atoms with van der Waals surface area (Å²) in [5, 5.41) is 3.33. The SMILES string of the molecule is CCNC1=C(\OCc2ccccc2)C(=O)[C@H](CCc2ccccc2)C(C)C\C=C\1. The number of ether oxygens (including phenoxy) is 1. The largest absolute Gasteiger partial charge is 0.483 e. The molecule has 2 aromatic rings. The molecule has 3 rings (SSSR count). The van der Waals surface area contributed by atoms with Crippen LogP contribution in [0.25, 0.3) is 0 Å². The maximum absolute atomic E-state index is 13.6. The van der Waals surface area contributed by atoms with Crippen LogP contribution in [0.2, 0.25) is 0 Å². The van der Waals surface area contributed by atoms with E-state index in [0.717, 1.165) is 37.1 Å². The number of ketones is 1. The average molecular weight is 390 g/mol. The predicted molar refractivity (Wildman–Crippen MR) is 118 cm³/mol. The van der Waals surface area contributed by atoms with Gasteiger partial charge >= 0.3 is 0 Å². The number of aryl methyl sites for hydroxylation is 1. The third-order valence-corrected chi connectivity index (χ3v) is 5.46. The van der Waals surface area contributed by atoms with Gasteiger partial charge in [0.05, 0.1) is 5.70 Å². The van der Waals surface area contributed by atoms with Gasteiger partial charge in [0.2, 0.25) is 5.78 Å². The Morgan fingerprint density at radius 2 is 1.66 bits per heavy atom. The first-order valence-corrected chi connectivity index (χ1v) is 10.6. The molecule has 0 radical (unpaired) electrons. The molecule has 0 spiro atoms. The molecule has 0 aromatic heterocycles. The van der Waals surface area contributed by atoms with Crippen LogP contribution in [0.5, 0.6) is 0 Å². The van der Waals surface area contributed by atoms with Crippen LogP contribution in [0.15, 0.2) is 84.3 Å². The van der Waals surface area contributed by atoms with Crippen LogP contribution >= 0.6 is 0 Å². The van der Waals surface area contributed by atoms with Gasteiger partial charge in [-0.25, -0.2) is 0 Å². The Hall–Kier alpha value is -2.81. The van der Waals surface area contributed by atoms with Crippen LogP contribution in [0.3, 0.4) is 0 Å². The number of nitrogens with one attached hydrogen (secondary N) is 1. The van der Waals surface area contributed by atoms with E-state index in [1.54, 1.807) is 0 Å². The van der Waals surface area contributed by atoms with Gasteiger partial charge in [0.15, 0.2) is 5.76 Å². The normalized spacial score (nSPS) is 23.2. The third-order valence-electron chi connectivity index (χ3n) is 5.46. The Labute approximate surface area is 174 Å². The van der Waals surface area contributed by atoms with E-state index in [-0.39, 0.29) is 17.6 Å². The van der Waals surface area contributed by atoms with E-state index in [0.29, 0.717) is 12.4 Å². The second-order valence-corrected chi connectivity index (χ2v) is 7.66. The molecule has 0 saturated heterocycles. The Kier molecular flexibility index (Phi) is 7.69. The van der Waals surface area contributed by atoms with Gasteiger partial charge in [-0.15, -0.1) is 0 Å². The van der Waals surface area contributed by atoms with Gasteiger partial charge in [-0.3, -0.25) is 4.79 Å². The van der Waals surface area contributed by atoms with E-state index in [1.165, 1.54) is 5.56 Å². The highest BCUT2D eigenvalue weighted by molar-refractivity contribution is 5.96. The van der Waals surface area contributed by atoms with Crippen LogP contribution < -0.4 is 5.32 Å². The summed E-state index contributed by atoms with van der Waals surface area (Å²) in [4.78, 5) is 13.6. The maximum Gasteiger partial charge on any atom is 0.202 e. The summed E-state index contributed by atoms with van der Waals surface area (Å²) in [6.45, 7) is 5.35. The van der Waals surface area contributed by atoms with Crippen LogP contribution in [-0.2, 0) is 22.6 Å². The van der Waals surface area contributed by atoms with Crippen molar-refractivity contribution in [1.82, 2.24) is 5.32 Å². The maximum atomic E-state index is 13.6. The molecule has 2 aromatic carbocycles. The minimum atomic E-state index is -0.0559. The first kappa shape index (κ1) is 20.9. The van der Waals surface area contributed by atoms with Crippen molar-refractivity contribution < 1.29 is 9.53 Å². The van der Waals surface area contributed by atoms with Gasteiger partial charge in [0.25, 0.3) is 0 Å². The van der Waals surface area contributed by atoms with Crippen molar-refractivity contribution >= 4 is 5.78 Å². The molecule has 2 atom stereocenters.